The number of nitrogens with zero attached hydrogens (tertiary/aromatic N) is 1. The van der Waals surface area contributed by atoms with Crippen molar-refractivity contribution in [1.29, 1.82) is 0 Å². The Hall–Kier alpha value is -2.13. The first kappa shape index (κ1) is 15.8. The van der Waals surface area contributed by atoms with Gasteiger partial charge in [0.05, 0.1) is 0 Å². The van der Waals surface area contributed by atoms with Crippen LogP contribution >= 0.6 is 0 Å². The summed E-state index contributed by atoms with van der Waals surface area (Å²) in [4.78, 5) is 15.1. The molecule has 0 bridgehead atoms. The molecule has 0 N–H and O–H groups in total. The lowest BCUT2D eigenvalue weighted by Gasteiger charge is -2.26. The van der Waals surface area contributed by atoms with E-state index in [9.17, 15) is 4.79 Å². The van der Waals surface area contributed by atoms with E-state index >= 15 is 0 Å². The monoisotopic (exact) mass is 309 g/mol. The second-order valence-electron chi connectivity index (χ2n) is 6.30. The maximum atomic E-state index is 12.9. The molecule has 1 saturated heterocycles. The third-order valence-electron chi connectivity index (χ3n) is 4.26. The first-order valence-corrected chi connectivity index (χ1v) is 8.22. The third-order valence-corrected chi connectivity index (χ3v) is 4.26. The Morgan fingerprint density at radius 2 is 1.61 bits per heavy atom. The molecule has 3 nitrogen and oxygen atoms in total. The van der Waals surface area contributed by atoms with Crippen LogP contribution in [0.3, 0.4) is 0 Å². The number of benzene rings is 2. The molecular weight excluding hydrogens is 286 g/mol. The fourth-order valence-corrected chi connectivity index (χ4v) is 3.29. The van der Waals surface area contributed by atoms with Gasteiger partial charge >= 0.3 is 5.97 Å². The standard InChI is InChI=1S/C20H23NO2/c1-15-12-16(2)14-18(13-15)23-20(22)19(21-10-6-7-11-21)17-8-4-3-5-9-17/h3-5,8-9,12-14,19H,6-7,10-11H2,1-2H3. The number of hydrogen-bond acceptors (Lipinski definition) is 3. The van der Waals surface area contributed by atoms with Crippen LogP contribution in [0.2, 0.25) is 0 Å². The van der Waals surface area contributed by atoms with E-state index in [2.05, 4.69) is 11.0 Å². The first-order chi connectivity index (χ1) is 11.1. The highest BCUT2D eigenvalue weighted by molar-refractivity contribution is 5.80. The van der Waals surface area contributed by atoms with Crippen LogP contribution in [-0.2, 0) is 4.79 Å². The summed E-state index contributed by atoms with van der Waals surface area (Å²) >= 11 is 0. The lowest BCUT2D eigenvalue weighted by molar-refractivity contribution is -0.140. The third kappa shape index (κ3) is 3.80. The molecule has 0 radical (unpaired) electrons. The Bertz CT molecular complexity index is 655. The van der Waals surface area contributed by atoms with Crippen LogP contribution in [-0.4, -0.2) is 24.0 Å². The zero-order valence-corrected chi connectivity index (χ0v) is 13.8. The van der Waals surface area contributed by atoms with Crippen molar-refractivity contribution >= 4 is 5.97 Å². The summed E-state index contributed by atoms with van der Waals surface area (Å²) in [6, 6.07) is 15.5. The van der Waals surface area contributed by atoms with Crippen molar-refractivity contribution in [3.8, 4) is 5.75 Å². The number of carbonyl (C=O) groups excluding carboxylic acids is 1. The van der Waals surface area contributed by atoms with Crippen LogP contribution in [0.4, 0.5) is 0 Å². The first-order valence-electron chi connectivity index (χ1n) is 8.22. The maximum Gasteiger partial charge on any atom is 0.333 e. The summed E-state index contributed by atoms with van der Waals surface area (Å²) in [5, 5.41) is 0. The van der Waals surface area contributed by atoms with Gasteiger partial charge in [-0.2, -0.15) is 0 Å². The van der Waals surface area contributed by atoms with Crippen molar-refractivity contribution in [3.63, 3.8) is 0 Å². The number of likely N-dealkylation sites (tertiary alicyclic amines) is 1. The van der Waals surface area contributed by atoms with Crippen LogP contribution in [0.5, 0.6) is 5.75 Å². The van der Waals surface area contributed by atoms with Gasteiger partial charge in [-0.05, 0) is 68.6 Å². The molecule has 0 saturated carbocycles. The minimum Gasteiger partial charge on any atom is -0.425 e. The number of carbonyl (C=O) groups is 1. The summed E-state index contributed by atoms with van der Waals surface area (Å²) in [7, 11) is 0. The Labute approximate surface area is 137 Å². The normalized spacial score (nSPS) is 16.3. The van der Waals surface area contributed by atoms with Gasteiger partial charge in [0.25, 0.3) is 0 Å². The quantitative estimate of drug-likeness (QED) is 0.630. The van der Waals surface area contributed by atoms with Crippen LogP contribution in [0.25, 0.3) is 0 Å². The molecule has 0 aromatic heterocycles. The van der Waals surface area contributed by atoms with Gasteiger partial charge in [0, 0.05) is 0 Å². The predicted octanol–water partition coefficient (Wildman–Crippen LogP) is 4.05. The molecule has 1 heterocycles. The van der Waals surface area contributed by atoms with Gasteiger partial charge in [0.2, 0.25) is 0 Å². The van der Waals surface area contributed by atoms with Crippen molar-refractivity contribution in [2.24, 2.45) is 0 Å². The Morgan fingerprint density at radius 3 is 2.22 bits per heavy atom. The zero-order chi connectivity index (χ0) is 16.2. The molecule has 0 aliphatic carbocycles. The van der Waals surface area contributed by atoms with Crippen molar-refractivity contribution in [3.05, 3.63) is 65.2 Å². The second kappa shape index (κ2) is 6.97. The largest absolute Gasteiger partial charge is 0.425 e. The number of hydrogen-bond donors (Lipinski definition) is 0. The summed E-state index contributed by atoms with van der Waals surface area (Å²) in [5.41, 5.74) is 3.21. The molecule has 3 heteroatoms. The zero-order valence-electron chi connectivity index (χ0n) is 13.8. The average Bonchev–Trinajstić information content (AvgIpc) is 3.01. The highest BCUT2D eigenvalue weighted by Crippen LogP contribution is 2.27. The molecule has 1 atom stereocenters. The topological polar surface area (TPSA) is 29.5 Å². The van der Waals surface area contributed by atoms with E-state index in [1.165, 1.54) is 0 Å². The molecule has 0 spiro atoms. The van der Waals surface area contributed by atoms with Gasteiger partial charge in [-0.15, -0.1) is 0 Å². The van der Waals surface area contributed by atoms with Crippen LogP contribution in [0, 0.1) is 13.8 Å². The van der Waals surface area contributed by atoms with E-state index in [1.807, 2.05) is 56.3 Å². The molecule has 1 aliphatic rings. The summed E-state index contributed by atoms with van der Waals surface area (Å²) in [5.74, 6) is 0.440. The van der Waals surface area contributed by atoms with E-state index in [0.717, 1.165) is 42.6 Å². The van der Waals surface area contributed by atoms with Gasteiger partial charge in [0.15, 0.2) is 0 Å². The lowest BCUT2D eigenvalue weighted by atomic mass is 10.1. The van der Waals surface area contributed by atoms with Crippen molar-refractivity contribution < 1.29 is 9.53 Å². The molecule has 3 rings (SSSR count). The summed E-state index contributed by atoms with van der Waals surface area (Å²) in [6.45, 7) is 5.92. The van der Waals surface area contributed by atoms with Crippen molar-refractivity contribution in [2.75, 3.05) is 13.1 Å². The molecule has 1 aliphatic heterocycles. The van der Waals surface area contributed by atoms with Crippen LogP contribution < -0.4 is 4.74 Å². The van der Waals surface area contributed by atoms with E-state index in [-0.39, 0.29) is 12.0 Å². The Morgan fingerprint density at radius 1 is 1.00 bits per heavy atom. The van der Waals surface area contributed by atoms with E-state index in [1.54, 1.807) is 0 Å². The highest BCUT2D eigenvalue weighted by Gasteiger charge is 2.31. The number of ether oxygens (including phenoxy) is 1. The number of rotatable bonds is 4. The molecule has 2 aromatic rings. The minimum atomic E-state index is -0.320. The Kier molecular flexibility index (Phi) is 4.77. The van der Waals surface area contributed by atoms with Gasteiger partial charge in [0.1, 0.15) is 11.8 Å². The van der Waals surface area contributed by atoms with Gasteiger partial charge < -0.3 is 4.74 Å². The Balaban J connectivity index is 1.85. The number of aryl methyl sites for hydroxylation is 2. The fourth-order valence-electron chi connectivity index (χ4n) is 3.29. The lowest BCUT2D eigenvalue weighted by Crippen LogP contribution is -2.34. The molecule has 2 aromatic carbocycles. The van der Waals surface area contributed by atoms with Gasteiger partial charge in [-0.25, -0.2) is 4.79 Å². The van der Waals surface area contributed by atoms with Crippen LogP contribution in [0.1, 0.15) is 35.6 Å². The predicted molar refractivity (Wildman–Crippen MR) is 91.5 cm³/mol. The molecule has 1 fully saturated rings. The van der Waals surface area contributed by atoms with Gasteiger partial charge in [-0.1, -0.05) is 36.4 Å². The average molecular weight is 309 g/mol. The van der Waals surface area contributed by atoms with Crippen molar-refractivity contribution in [2.45, 2.75) is 32.7 Å². The minimum absolute atomic E-state index is 0.192. The smallest absolute Gasteiger partial charge is 0.333 e. The highest BCUT2D eigenvalue weighted by atomic mass is 16.5. The fraction of sp³-hybridized carbons (Fsp3) is 0.350. The van der Waals surface area contributed by atoms with Crippen LogP contribution in [0.15, 0.2) is 48.5 Å². The molecule has 120 valence electrons. The maximum absolute atomic E-state index is 12.9. The summed E-state index contributed by atoms with van der Waals surface area (Å²) < 4.78 is 5.72. The molecule has 0 amide bonds. The van der Waals surface area contributed by atoms with E-state index in [4.69, 9.17) is 4.74 Å². The molecular formula is C20H23NO2. The number of esters is 1. The van der Waals surface area contributed by atoms with E-state index in [0.29, 0.717) is 5.75 Å². The SMILES string of the molecule is Cc1cc(C)cc(OC(=O)C(c2ccccc2)N2CCCC2)c1. The summed E-state index contributed by atoms with van der Waals surface area (Å²) in [6.07, 6.45) is 2.28. The van der Waals surface area contributed by atoms with Gasteiger partial charge in [-0.3, -0.25) is 4.90 Å². The van der Waals surface area contributed by atoms with Crippen molar-refractivity contribution in [1.82, 2.24) is 4.90 Å². The molecule has 1 unspecified atom stereocenters. The second-order valence-corrected chi connectivity index (χ2v) is 6.30. The molecule has 23 heavy (non-hydrogen) atoms. The van der Waals surface area contributed by atoms with E-state index < -0.39 is 0 Å².